The number of hydrogen-bond acceptors (Lipinski definition) is 7. The van der Waals surface area contributed by atoms with Gasteiger partial charge in [-0.1, -0.05) is 285 Å². The van der Waals surface area contributed by atoms with Crippen LogP contribution < -0.4 is 0 Å². The van der Waals surface area contributed by atoms with Gasteiger partial charge in [0.1, 0.15) is 0 Å². The number of carbonyl (C=O) groups is 3. The largest absolute Gasteiger partial charge is 0.289 e. The van der Waals surface area contributed by atoms with E-state index in [0.717, 1.165) is 82.9 Å². The molecule has 0 N–H and O–H groups in total. The van der Waals surface area contributed by atoms with Crippen LogP contribution >= 0.6 is 45.3 Å². The minimum absolute atomic E-state index is 0.117. The number of fused-ring (bicyclic) bond motifs is 23. The van der Waals surface area contributed by atoms with Crippen LogP contribution in [0.15, 0.2) is 350 Å². The molecule has 3 nitrogen and oxygen atoms in total. The summed E-state index contributed by atoms with van der Waals surface area (Å²) < 4.78 is 0. The second kappa shape index (κ2) is 25.9. The molecule has 0 radical (unpaired) electrons. The van der Waals surface area contributed by atoms with Crippen molar-refractivity contribution in [2.45, 2.75) is 13.8 Å². The summed E-state index contributed by atoms with van der Waals surface area (Å²) in [6, 6.07) is 123. The molecule has 7 heteroatoms. The van der Waals surface area contributed by atoms with E-state index >= 15 is 0 Å². The van der Waals surface area contributed by atoms with Crippen LogP contribution in [0.4, 0.5) is 0 Å². The summed E-state index contributed by atoms with van der Waals surface area (Å²) in [5, 5.41) is 39.4. The minimum Gasteiger partial charge on any atom is -0.289 e. The monoisotopic (exact) mass is 1740 g/mol. The van der Waals surface area contributed by atoms with E-state index in [-0.39, 0.29) is 17.3 Å². The summed E-state index contributed by atoms with van der Waals surface area (Å²) in [6.07, 6.45) is 0. The summed E-state index contributed by atoms with van der Waals surface area (Å²) in [5.74, 6) is 0.361. The van der Waals surface area contributed by atoms with E-state index in [2.05, 4.69) is 304 Å². The Morgan fingerprint density at radius 3 is 0.583 bits per heavy atom. The molecule has 0 aliphatic heterocycles. The molecule has 6 aliphatic carbocycles. The Morgan fingerprint density at radius 2 is 0.348 bits per heavy atom. The van der Waals surface area contributed by atoms with Gasteiger partial charge in [-0.15, -0.1) is 45.3 Å². The van der Waals surface area contributed by atoms with Crippen LogP contribution in [0.5, 0.6) is 0 Å². The molecule has 0 atom stereocenters. The Morgan fingerprint density at radius 1 is 0.144 bits per heavy atom. The maximum absolute atomic E-state index is 13.9. The molecule has 0 spiro atoms. The minimum atomic E-state index is 0.117. The highest BCUT2D eigenvalue weighted by Crippen LogP contribution is 2.65. The molecule has 4 aromatic heterocycles. The summed E-state index contributed by atoms with van der Waals surface area (Å²) >= 11 is 7.41. The van der Waals surface area contributed by atoms with Crippen LogP contribution in [-0.4, -0.2) is 17.3 Å². The predicted molar refractivity (Wildman–Crippen MR) is 561 cm³/mol. The Hall–Kier alpha value is -15.7. The smallest absolute Gasteiger partial charge is 0.194 e. The van der Waals surface area contributed by atoms with E-state index in [1.165, 1.54) is 253 Å². The molecule has 27 aromatic rings. The Labute approximate surface area is 770 Å². The molecular weight excluding hydrogens is 1680 g/mol. The van der Waals surface area contributed by atoms with E-state index in [1.54, 1.807) is 0 Å². The van der Waals surface area contributed by atoms with Crippen LogP contribution in [0.3, 0.4) is 0 Å². The maximum Gasteiger partial charge on any atom is 0.194 e. The fraction of sp³-hybridized carbons (Fsp3) is 0.0160. The van der Waals surface area contributed by atoms with Gasteiger partial charge in [0.2, 0.25) is 0 Å². The van der Waals surface area contributed by atoms with Crippen molar-refractivity contribution in [2.75, 3.05) is 0 Å². The molecule has 0 fully saturated rings. The van der Waals surface area contributed by atoms with Gasteiger partial charge in [-0.3, -0.25) is 14.4 Å². The van der Waals surface area contributed by atoms with E-state index in [0.29, 0.717) is 0 Å². The Balaban J connectivity index is 0.0000000949. The van der Waals surface area contributed by atoms with Crippen LogP contribution in [0, 0.1) is 13.8 Å². The van der Waals surface area contributed by atoms with Crippen molar-refractivity contribution < 1.29 is 14.4 Å². The number of aryl methyl sites for hydroxylation is 2. The van der Waals surface area contributed by atoms with Gasteiger partial charge in [-0.2, -0.15) is 0 Å². The molecular formula is C125H64O3S4. The third-order valence-corrected chi connectivity index (χ3v) is 34.2. The quantitative estimate of drug-likeness (QED) is 0.130. The average Bonchev–Trinajstić information content (AvgIpc) is 1.40. The highest BCUT2D eigenvalue weighted by atomic mass is 32.1. The van der Waals surface area contributed by atoms with Gasteiger partial charge in [0, 0.05) is 123 Å². The van der Waals surface area contributed by atoms with Gasteiger partial charge in [0.15, 0.2) is 17.3 Å². The fourth-order valence-corrected chi connectivity index (χ4v) is 28.7. The molecule has 606 valence electrons. The summed E-state index contributed by atoms with van der Waals surface area (Å²) in [7, 11) is 0. The van der Waals surface area contributed by atoms with Gasteiger partial charge in [0.25, 0.3) is 0 Å². The summed E-state index contributed by atoms with van der Waals surface area (Å²) in [5.41, 5.74) is 32.6. The molecule has 0 saturated carbocycles. The first-order valence-electron chi connectivity index (χ1n) is 45.2. The van der Waals surface area contributed by atoms with E-state index < -0.39 is 0 Å². The molecule has 4 heterocycles. The molecule has 33 rings (SSSR count). The zero-order valence-electron chi connectivity index (χ0n) is 70.8. The molecule has 0 unspecified atom stereocenters. The zero-order chi connectivity index (χ0) is 86.4. The molecule has 0 saturated heterocycles. The second-order valence-electron chi connectivity index (χ2n) is 36.5. The van der Waals surface area contributed by atoms with E-state index in [1.807, 2.05) is 106 Å². The first-order chi connectivity index (χ1) is 65.1. The van der Waals surface area contributed by atoms with Crippen molar-refractivity contribution in [3.05, 3.63) is 394 Å². The average molecular weight is 1740 g/mol. The number of thiophene rings is 4. The molecule has 6 aliphatic rings. The molecule has 0 bridgehead atoms. The molecule has 23 aromatic carbocycles. The standard InChI is InChI=1S/C47H26OS2.C45H22OS2.C33H16O/c1-23-11-21-37(49-23)43-26-8-4-5-9-27(26)44(38-22-12-24(2)50-38)46-35-19-16-31-32-17-20-36-41-28(25-7-3-6-10-33(25)47(36)48)13-14-29(39(32)41)30-15-18-34(45(43)46)42(35)40(30)31;46-45-31-10-4-1-7-23(31)26-13-14-27-28-15-18-32-40-33(19-16-29(38(28)40)30-17-20-34(45)39(26)37(27)30)44-42(36-12-6-22-48-36)25-9-3-2-8-24(25)41(43(32)44)35-11-5-21-47-35;34-33-27-8-4-3-7-19(27)22-11-14-25-23-12-9-20-17-5-1-2-6-18(17)21-10-13-24(30(23)29(20)21)26-15-16-28(33)32(22)31(25)26/h3-22H,1-2H3;1-22H;1-16H. The summed E-state index contributed by atoms with van der Waals surface area (Å²) in [6.45, 7) is 4.42. The highest BCUT2D eigenvalue weighted by Gasteiger charge is 2.39. The lowest BCUT2D eigenvalue weighted by Gasteiger charge is -2.23. The van der Waals surface area contributed by atoms with Crippen molar-refractivity contribution in [2.24, 2.45) is 0 Å². The van der Waals surface area contributed by atoms with Crippen molar-refractivity contribution in [3.8, 4) is 142 Å². The Kier molecular flexibility index (Phi) is 14.2. The maximum atomic E-state index is 13.9. The number of ketones is 3. The third-order valence-electron chi connectivity index (χ3n) is 30.3. The first kappa shape index (κ1) is 72.2. The highest BCUT2D eigenvalue weighted by molar-refractivity contribution is 7.16. The van der Waals surface area contributed by atoms with Crippen LogP contribution in [0.1, 0.15) is 57.5 Å². The van der Waals surface area contributed by atoms with Gasteiger partial charge in [0.05, 0.1) is 0 Å². The lowest BCUT2D eigenvalue weighted by Crippen LogP contribution is -2.10. The van der Waals surface area contributed by atoms with Crippen LogP contribution in [0.25, 0.3) is 293 Å². The zero-order valence-corrected chi connectivity index (χ0v) is 74.1. The second-order valence-corrected chi connectivity index (χ2v) is 40.9. The van der Waals surface area contributed by atoms with Gasteiger partial charge >= 0.3 is 0 Å². The van der Waals surface area contributed by atoms with Gasteiger partial charge in [-0.05, 0) is 292 Å². The number of hydrogen-bond donors (Lipinski definition) is 0. The van der Waals surface area contributed by atoms with Crippen molar-refractivity contribution >= 4 is 214 Å². The van der Waals surface area contributed by atoms with E-state index in [9.17, 15) is 14.4 Å². The summed E-state index contributed by atoms with van der Waals surface area (Å²) in [4.78, 5) is 49.1. The third kappa shape index (κ3) is 9.06. The SMILES string of the molecule is Cc1ccc(-c2c3c(c(-c4ccc(C)s4)c4ccccc24)-c2ccc4c5ccc6c7c(ccc(c8ccc-3c2c84)c75)C(=O)c2ccccc2-6)s1.O=C1c2ccccc2-c2ccc3c4ccc5c6c(ccc(c7ccc1c2c73)c64)-c1c-5c(-c2cccs2)c2ccccc2c1-c1cccs1.O=C1c2ccccc2-c2ccc3c4ccc5c6c(ccc(c7ccc1c2c73)c64)-c1ccccc1-5. The van der Waals surface area contributed by atoms with Crippen LogP contribution in [0.2, 0.25) is 0 Å². The van der Waals surface area contributed by atoms with Crippen molar-refractivity contribution in [3.63, 3.8) is 0 Å². The van der Waals surface area contributed by atoms with Crippen molar-refractivity contribution in [1.82, 2.24) is 0 Å². The Bertz CT molecular complexity index is 9770. The van der Waals surface area contributed by atoms with Crippen molar-refractivity contribution in [1.29, 1.82) is 0 Å². The molecule has 0 amide bonds. The van der Waals surface area contributed by atoms with Gasteiger partial charge < -0.3 is 0 Å². The predicted octanol–water partition coefficient (Wildman–Crippen LogP) is 35.6. The van der Waals surface area contributed by atoms with Crippen LogP contribution in [-0.2, 0) is 0 Å². The van der Waals surface area contributed by atoms with Gasteiger partial charge in [-0.25, -0.2) is 0 Å². The first-order valence-corrected chi connectivity index (χ1v) is 48.6. The normalized spacial score (nSPS) is 13.1. The topological polar surface area (TPSA) is 51.2 Å². The molecule has 132 heavy (non-hydrogen) atoms. The number of benzene rings is 23. The lowest BCUT2D eigenvalue weighted by molar-refractivity contribution is 0.103. The number of carbonyl (C=O) groups excluding carboxylic acids is 3. The number of rotatable bonds is 4. The lowest BCUT2D eigenvalue weighted by atomic mass is 9.79. The van der Waals surface area contributed by atoms with E-state index in [4.69, 9.17) is 0 Å². The fourth-order valence-electron chi connectivity index (χ4n) is 25.3.